The second-order valence-corrected chi connectivity index (χ2v) is 7.38. The van der Waals surface area contributed by atoms with E-state index in [0.29, 0.717) is 19.5 Å². The van der Waals surface area contributed by atoms with E-state index in [0.717, 1.165) is 50.5 Å². The Morgan fingerprint density at radius 1 is 1.22 bits per heavy atom. The minimum absolute atomic E-state index is 0.0517. The Morgan fingerprint density at radius 3 is 2.74 bits per heavy atom. The lowest BCUT2D eigenvalue weighted by Gasteiger charge is -2.26. The molecule has 0 aliphatic carbocycles. The van der Waals surface area contributed by atoms with Crippen molar-refractivity contribution in [1.82, 2.24) is 15.5 Å². The summed E-state index contributed by atoms with van der Waals surface area (Å²) in [5.41, 5.74) is 3.27. The number of urea groups is 1. The van der Waals surface area contributed by atoms with Gasteiger partial charge in [-0.05, 0) is 50.1 Å². The molecule has 2 saturated heterocycles. The van der Waals surface area contributed by atoms with Crippen molar-refractivity contribution in [3.05, 3.63) is 29.3 Å². The lowest BCUT2D eigenvalue weighted by atomic mass is 10.1. The first kappa shape index (κ1) is 19.6. The number of ether oxygens (including phenoxy) is 1. The number of amides is 3. The number of nitrogens with zero attached hydrogens (tertiary/aromatic N) is 2. The molecule has 0 radical (unpaired) electrons. The zero-order valence-electron chi connectivity index (χ0n) is 16.3. The van der Waals surface area contributed by atoms with E-state index in [-0.39, 0.29) is 18.0 Å². The maximum absolute atomic E-state index is 12.3. The standard InChI is InChI=1S/C20H30N4O3/c1-15-4-5-18(12-16(15)2)24-14-17(13-19(24)25)22-20(26)21-6-3-7-23-8-10-27-11-9-23/h4-5,12,17H,3,6-11,13-14H2,1-2H3,(H2,21,22,26)/t17-/m0/s1. The number of nitrogens with one attached hydrogen (secondary N) is 2. The Hall–Kier alpha value is -2.12. The van der Waals surface area contributed by atoms with Crippen molar-refractivity contribution < 1.29 is 14.3 Å². The van der Waals surface area contributed by atoms with Crippen molar-refractivity contribution in [3.8, 4) is 0 Å². The number of hydrogen-bond donors (Lipinski definition) is 2. The van der Waals surface area contributed by atoms with Crippen molar-refractivity contribution in [3.63, 3.8) is 0 Å². The van der Waals surface area contributed by atoms with E-state index in [1.54, 1.807) is 4.90 Å². The first-order chi connectivity index (χ1) is 13.0. The molecule has 2 aliphatic heterocycles. The van der Waals surface area contributed by atoms with Crippen molar-refractivity contribution >= 4 is 17.6 Å². The molecule has 0 aromatic heterocycles. The highest BCUT2D eigenvalue weighted by Gasteiger charge is 2.31. The molecule has 2 N–H and O–H groups in total. The van der Waals surface area contributed by atoms with Crippen LogP contribution in [0.2, 0.25) is 0 Å². The molecule has 148 valence electrons. The van der Waals surface area contributed by atoms with Crippen LogP contribution in [0.1, 0.15) is 24.0 Å². The maximum atomic E-state index is 12.3. The number of carbonyl (C=O) groups excluding carboxylic acids is 2. The molecule has 0 unspecified atom stereocenters. The minimum Gasteiger partial charge on any atom is -0.379 e. The molecule has 2 heterocycles. The van der Waals surface area contributed by atoms with Crippen LogP contribution in [0.15, 0.2) is 18.2 Å². The van der Waals surface area contributed by atoms with Gasteiger partial charge in [-0.25, -0.2) is 4.79 Å². The second kappa shape index (κ2) is 9.19. The average Bonchev–Trinajstić information content (AvgIpc) is 3.02. The highest BCUT2D eigenvalue weighted by Crippen LogP contribution is 2.24. The molecule has 0 saturated carbocycles. The van der Waals surface area contributed by atoms with Crippen LogP contribution in [0.4, 0.5) is 10.5 Å². The van der Waals surface area contributed by atoms with E-state index >= 15 is 0 Å². The van der Waals surface area contributed by atoms with Gasteiger partial charge >= 0.3 is 6.03 Å². The van der Waals surface area contributed by atoms with Crippen LogP contribution >= 0.6 is 0 Å². The van der Waals surface area contributed by atoms with Crippen molar-refractivity contribution in [2.24, 2.45) is 0 Å². The van der Waals surface area contributed by atoms with E-state index in [1.807, 2.05) is 25.1 Å². The molecule has 27 heavy (non-hydrogen) atoms. The molecule has 2 fully saturated rings. The molecule has 1 aromatic rings. The summed E-state index contributed by atoms with van der Waals surface area (Å²) >= 11 is 0. The minimum atomic E-state index is -0.197. The number of aryl methyl sites for hydroxylation is 2. The summed E-state index contributed by atoms with van der Waals surface area (Å²) in [5.74, 6) is 0.0517. The highest BCUT2D eigenvalue weighted by atomic mass is 16.5. The lowest BCUT2D eigenvalue weighted by Crippen LogP contribution is -2.44. The number of carbonyl (C=O) groups is 2. The van der Waals surface area contributed by atoms with Crippen LogP contribution in [0, 0.1) is 13.8 Å². The first-order valence-electron chi connectivity index (χ1n) is 9.75. The maximum Gasteiger partial charge on any atom is 0.315 e. The number of rotatable bonds is 6. The van der Waals surface area contributed by atoms with Crippen molar-refractivity contribution in [1.29, 1.82) is 0 Å². The molecule has 3 rings (SSSR count). The number of hydrogen-bond acceptors (Lipinski definition) is 4. The molecule has 3 amide bonds. The molecule has 0 bridgehead atoms. The van der Waals surface area contributed by atoms with E-state index in [4.69, 9.17) is 4.74 Å². The zero-order valence-corrected chi connectivity index (χ0v) is 16.3. The fraction of sp³-hybridized carbons (Fsp3) is 0.600. The van der Waals surface area contributed by atoms with Crippen LogP contribution in [-0.2, 0) is 9.53 Å². The molecule has 0 spiro atoms. The predicted molar refractivity (Wildman–Crippen MR) is 105 cm³/mol. The van der Waals surface area contributed by atoms with E-state index < -0.39 is 0 Å². The van der Waals surface area contributed by atoms with Gasteiger partial charge in [0.2, 0.25) is 5.91 Å². The third-order valence-corrected chi connectivity index (χ3v) is 5.30. The molecule has 7 nitrogen and oxygen atoms in total. The van der Waals surface area contributed by atoms with Gasteiger partial charge in [-0.3, -0.25) is 9.69 Å². The molecule has 1 aromatic carbocycles. The number of benzene rings is 1. The van der Waals surface area contributed by atoms with Crippen LogP contribution in [0.3, 0.4) is 0 Å². The summed E-state index contributed by atoms with van der Waals surface area (Å²) in [5, 5.41) is 5.82. The Kier molecular flexibility index (Phi) is 6.68. The third kappa shape index (κ3) is 5.43. The third-order valence-electron chi connectivity index (χ3n) is 5.30. The molecule has 7 heteroatoms. The smallest absolute Gasteiger partial charge is 0.315 e. The topological polar surface area (TPSA) is 73.9 Å². The summed E-state index contributed by atoms with van der Waals surface area (Å²) < 4.78 is 5.33. The Morgan fingerprint density at radius 2 is 2.00 bits per heavy atom. The summed E-state index contributed by atoms with van der Waals surface area (Å²) in [4.78, 5) is 28.6. The molecular weight excluding hydrogens is 344 g/mol. The number of anilines is 1. The molecule has 1 atom stereocenters. The van der Waals surface area contributed by atoms with Crippen LogP contribution < -0.4 is 15.5 Å². The van der Waals surface area contributed by atoms with Gasteiger partial charge in [0.15, 0.2) is 0 Å². The fourth-order valence-electron chi connectivity index (χ4n) is 3.51. The molecule has 2 aliphatic rings. The van der Waals surface area contributed by atoms with Crippen LogP contribution in [0.25, 0.3) is 0 Å². The van der Waals surface area contributed by atoms with Gasteiger partial charge in [0.1, 0.15) is 0 Å². The normalized spacial score (nSPS) is 20.7. The largest absolute Gasteiger partial charge is 0.379 e. The van der Waals surface area contributed by atoms with Crippen molar-refractivity contribution in [2.75, 3.05) is 50.8 Å². The second-order valence-electron chi connectivity index (χ2n) is 7.38. The van der Waals surface area contributed by atoms with Crippen LogP contribution in [-0.4, -0.2) is 68.8 Å². The number of morpholine rings is 1. The summed E-state index contributed by atoms with van der Waals surface area (Å²) in [6, 6.07) is 5.67. The van der Waals surface area contributed by atoms with Gasteiger partial charge in [0.05, 0.1) is 19.3 Å². The van der Waals surface area contributed by atoms with E-state index in [1.165, 1.54) is 5.56 Å². The fourth-order valence-corrected chi connectivity index (χ4v) is 3.51. The Bertz CT molecular complexity index is 673. The first-order valence-corrected chi connectivity index (χ1v) is 9.75. The Balaban J connectivity index is 1.39. The van der Waals surface area contributed by atoms with Gasteiger partial charge in [-0.2, -0.15) is 0 Å². The predicted octanol–water partition coefficient (Wildman–Crippen LogP) is 1.43. The Labute approximate surface area is 161 Å². The summed E-state index contributed by atoms with van der Waals surface area (Å²) in [6.45, 7) is 9.72. The monoisotopic (exact) mass is 374 g/mol. The highest BCUT2D eigenvalue weighted by molar-refractivity contribution is 5.96. The van der Waals surface area contributed by atoms with Gasteiger partial charge in [-0.15, -0.1) is 0 Å². The lowest BCUT2D eigenvalue weighted by molar-refractivity contribution is -0.117. The average molecular weight is 374 g/mol. The van der Waals surface area contributed by atoms with Gasteiger partial charge in [0.25, 0.3) is 0 Å². The van der Waals surface area contributed by atoms with E-state index in [9.17, 15) is 9.59 Å². The SMILES string of the molecule is Cc1ccc(N2C[C@@H](NC(=O)NCCCN3CCOCC3)CC2=O)cc1C. The summed E-state index contributed by atoms with van der Waals surface area (Å²) in [7, 11) is 0. The summed E-state index contributed by atoms with van der Waals surface area (Å²) in [6.07, 6.45) is 1.25. The van der Waals surface area contributed by atoms with Crippen LogP contribution in [0.5, 0.6) is 0 Å². The quantitative estimate of drug-likeness (QED) is 0.739. The molecular formula is C20H30N4O3. The van der Waals surface area contributed by atoms with Gasteiger partial charge in [0, 0.05) is 38.3 Å². The van der Waals surface area contributed by atoms with Gasteiger partial charge in [-0.1, -0.05) is 6.07 Å². The van der Waals surface area contributed by atoms with Crippen molar-refractivity contribution in [2.45, 2.75) is 32.7 Å². The van der Waals surface area contributed by atoms with E-state index in [2.05, 4.69) is 22.5 Å². The van der Waals surface area contributed by atoms with Gasteiger partial charge < -0.3 is 20.3 Å². The zero-order chi connectivity index (χ0) is 19.2.